The fraction of sp³-hybridized carbons (Fsp3) is 0.588. The average Bonchev–Trinajstić information content (AvgIpc) is 2.34. The van der Waals surface area contributed by atoms with E-state index in [1.54, 1.807) is 14.2 Å². The Hall–Kier alpha value is -1.49. The first kappa shape index (κ1) is 18.6. The molecule has 1 aromatic rings. The Morgan fingerprint density at radius 1 is 1.00 bits per heavy atom. The SMILES string of the molecule is COc1cc(NC(=S)NC(C)(C)CC(C)(C)C)cc(OC)c1. The van der Waals surface area contributed by atoms with E-state index in [0.717, 1.165) is 23.6 Å². The maximum atomic E-state index is 5.43. The van der Waals surface area contributed by atoms with Gasteiger partial charge in [-0.05, 0) is 37.9 Å². The predicted octanol–water partition coefficient (Wildman–Crippen LogP) is 4.21. The van der Waals surface area contributed by atoms with Crippen LogP contribution in [0.3, 0.4) is 0 Å². The standard InChI is InChI=1S/C17H28N2O2S/c1-16(2,3)11-17(4,5)19-15(22)18-12-8-13(20-6)10-14(9-12)21-7/h8-10H,11H2,1-7H3,(H2,18,19,22). The molecule has 1 aromatic carbocycles. The van der Waals surface area contributed by atoms with Crippen molar-refractivity contribution in [3.8, 4) is 11.5 Å². The largest absolute Gasteiger partial charge is 0.497 e. The highest BCUT2D eigenvalue weighted by Gasteiger charge is 2.26. The van der Waals surface area contributed by atoms with Crippen LogP contribution in [0.5, 0.6) is 11.5 Å². The number of benzene rings is 1. The number of hydrogen-bond acceptors (Lipinski definition) is 3. The first-order valence-electron chi connectivity index (χ1n) is 7.37. The fourth-order valence-electron chi connectivity index (χ4n) is 2.72. The summed E-state index contributed by atoms with van der Waals surface area (Å²) >= 11 is 5.43. The molecule has 2 N–H and O–H groups in total. The van der Waals surface area contributed by atoms with E-state index in [-0.39, 0.29) is 11.0 Å². The molecule has 0 aromatic heterocycles. The lowest BCUT2D eigenvalue weighted by molar-refractivity contribution is 0.268. The van der Waals surface area contributed by atoms with E-state index >= 15 is 0 Å². The van der Waals surface area contributed by atoms with Gasteiger partial charge in [0.15, 0.2) is 5.11 Å². The molecule has 0 aliphatic rings. The van der Waals surface area contributed by atoms with Crippen molar-refractivity contribution in [2.24, 2.45) is 5.41 Å². The molecule has 0 saturated carbocycles. The highest BCUT2D eigenvalue weighted by Crippen LogP contribution is 2.28. The van der Waals surface area contributed by atoms with E-state index in [1.807, 2.05) is 18.2 Å². The third-order valence-electron chi connectivity index (χ3n) is 3.03. The van der Waals surface area contributed by atoms with Crippen molar-refractivity contribution >= 4 is 23.0 Å². The van der Waals surface area contributed by atoms with Gasteiger partial charge < -0.3 is 20.1 Å². The van der Waals surface area contributed by atoms with Crippen LogP contribution in [-0.4, -0.2) is 24.9 Å². The van der Waals surface area contributed by atoms with Gasteiger partial charge in [0.05, 0.1) is 14.2 Å². The molecular weight excluding hydrogens is 296 g/mol. The lowest BCUT2D eigenvalue weighted by Gasteiger charge is -2.34. The van der Waals surface area contributed by atoms with Gasteiger partial charge in [0.25, 0.3) is 0 Å². The maximum Gasteiger partial charge on any atom is 0.171 e. The second-order valence-corrected chi connectivity index (χ2v) is 7.71. The van der Waals surface area contributed by atoms with Crippen molar-refractivity contribution < 1.29 is 9.47 Å². The van der Waals surface area contributed by atoms with Crippen molar-refractivity contribution in [3.05, 3.63) is 18.2 Å². The first-order valence-corrected chi connectivity index (χ1v) is 7.78. The quantitative estimate of drug-likeness (QED) is 0.794. The second kappa shape index (κ2) is 7.18. The molecular formula is C17H28N2O2S. The average molecular weight is 324 g/mol. The summed E-state index contributed by atoms with van der Waals surface area (Å²) in [6.07, 6.45) is 1.00. The minimum absolute atomic E-state index is 0.0920. The lowest BCUT2D eigenvalue weighted by Crippen LogP contribution is -2.47. The number of methoxy groups -OCH3 is 2. The highest BCUT2D eigenvalue weighted by atomic mass is 32.1. The number of thiocarbonyl (C=S) groups is 1. The van der Waals surface area contributed by atoms with E-state index in [0.29, 0.717) is 5.11 Å². The van der Waals surface area contributed by atoms with Gasteiger partial charge in [-0.25, -0.2) is 0 Å². The first-order chi connectivity index (χ1) is 10.0. The summed E-state index contributed by atoms with van der Waals surface area (Å²) in [5, 5.41) is 7.16. The number of nitrogens with one attached hydrogen (secondary N) is 2. The Balaban J connectivity index is 2.76. The maximum absolute atomic E-state index is 5.43. The summed E-state index contributed by atoms with van der Waals surface area (Å²) in [5.74, 6) is 1.44. The molecule has 0 bridgehead atoms. The lowest BCUT2D eigenvalue weighted by atomic mass is 9.82. The summed E-state index contributed by atoms with van der Waals surface area (Å²) in [4.78, 5) is 0. The molecule has 22 heavy (non-hydrogen) atoms. The molecule has 124 valence electrons. The van der Waals surface area contributed by atoms with Crippen LogP contribution in [0, 0.1) is 5.41 Å². The summed E-state index contributed by atoms with van der Waals surface area (Å²) < 4.78 is 10.5. The van der Waals surface area contributed by atoms with Crippen LogP contribution in [0.4, 0.5) is 5.69 Å². The molecule has 0 heterocycles. The van der Waals surface area contributed by atoms with E-state index in [2.05, 4.69) is 45.3 Å². The van der Waals surface area contributed by atoms with Gasteiger partial charge in [0.1, 0.15) is 11.5 Å². The number of rotatable bonds is 5. The van der Waals surface area contributed by atoms with Gasteiger partial charge in [0.2, 0.25) is 0 Å². The molecule has 0 spiro atoms. The van der Waals surface area contributed by atoms with Gasteiger partial charge in [-0.2, -0.15) is 0 Å². The van der Waals surface area contributed by atoms with E-state index in [9.17, 15) is 0 Å². The van der Waals surface area contributed by atoms with E-state index < -0.39 is 0 Å². The highest BCUT2D eigenvalue weighted by molar-refractivity contribution is 7.80. The van der Waals surface area contributed by atoms with Crippen LogP contribution < -0.4 is 20.1 Å². The Labute approximate surface area is 139 Å². The molecule has 1 rings (SSSR count). The minimum atomic E-state index is -0.0920. The van der Waals surface area contributed by atoms with Gasteiger partial charge in [-0.1, -0.05) is 20.8 Å². The monoisotopic (exact) mass is 324 g/mol. The van der Waals surface area contributed by atoms with Crippen LogP contribution >= 0.6 is 12.2 Å². The van der Waals surface area contributed by atoms with Crippen molar-refractivity contribution in [1.29, 1.82) is 0 Å². The van der Waals surface area contributed by atoms with Gasteiger partial charge in [-0.15, -0.1) is 0 Å². The molecule has 5 heteroatoms. The molecule has 0 radical (unpaired) electrons. The van der Waals surface area contributed by atoms with Crippen molar-refractivity contribution in [2.45, 2.75) is 46.6 Å². The zero-order chi connectivity index (χ0) is 17.0. The topological polar surface area (TPSA) is 42.5 Å². The molecule has 0 fully saturated rings. The summed E-state index contributed by atoms with van der Waals surface area (Å²) in [7, 11) is 3.25. The molecule has 0 saturated heterocycles. The number of hydrogen-bond donors (Lipinski definition) is 2. The summed E-state index contributed by atoms with van der Waals surface area (Å²) in [6.45, 7) is 11.0. The van der Waals surface area contributed by atoms with Crippen LogP contribution in [-0.2, 0) is 0 Å². The van der Waals surface area contributed by atoms with E-state index in [4.69, 9.17) is 21.7 Å². The molecule has 0 aliphatic heterocycles. The Morgan fingerprint density at radius 3 is 1.91 bits per heavy atom. The van der Waals surface area contributed by atoms with Crippen molar-refractivity contribution in [3.63, 3.8) is 0 Å². The number of ether oxygens (including phenoxy) is 2. The van der Waals surface area contributed by atoms with Gasteiger partial charge in [-0.3, -0.25) is 0 Å². The van der Waals surface area contributed by atoms with Crippen LogP contribution in [0.1, 0.15) is 41.0 Å². The van der Waals surface area contributed by atoms with E-state index in [1.165, 1.54) is 0 Å². The smallest absolute Gasteiger partial charge is 0.171 e. The van der Waals surface area contributed by atoms with Crippen LogP contribution in [0.2, 0.25) is 0 Å². The van der Waals surface area contributed by atoms with Crippen molar-refractivity contribution in [1.82, 2.24) is 5.32 Å². The molecule has 4 nitrogen and oxygen atoms in total. The Kier molecular flexibility index (Phi) is 6.06. The van der Waals surface area contributed by atoms with Gasteiger partial charge >= 0.3 is 0 Å². The number of anilines is 1. The Morgan fingerprint density at radius 2 is 1.50 bits per heavy atom. The molecule has 0 aliphatic carbocycles. The second-order valence-electron chi connectivity index (χ2n) is 7.30. The molecule has 0 atom stereocenters. The summed E-state index contributed by atoms with van der Waals surface area (Å²) in [6, 6.07) is 5.59. The molecule has 0 amide bonds. The fourth-order valence-corrected chi connectivity index (χ4v) is 3.11. The van der Waals surface area contributed by atoms with Crippen LogP contribution in [0.15, 0.2) is 18.2 Å². The third kappa shape index (κ3) is 6.52. The Bertz CT molecular complexity index is 500. The van der Waals surface area contributed by atoms with Crippen LogP contribution in [0.25, 0.3) is 0 Å². The predicted molar refractivity (Wildman–Crippen MR) is 97.1 cm³/mol. The normalized spacial score (nSPS) is 11.8. The zero-order valence-electron chi connectivity index (χ0n) is 14.7. The minimum Gasteiger partial charge on any atom is -0.497 e. The molecule has 0 unspecified atom stereocenters. The zero-order valence-corrected chi connectivity index (χ0v) is 15.5. The third-order valence-corrected chi connectivity index (χ3v) is 3.24. The summed E-state index contributed by atoms with van der Waals surface area (Å²) in [5.41, 5.74) is 0.969. The van der Waals surface area contributed by atoms with Crippen molar-refractivity contribution in [2.75, 3.05) is 19.5 Å². The van der Waals surface area contributed by atoms with Gasteiger partial charge in [0, 0.05) is 29.4 Å².